The number of rotatable bonds is 5. The first-order valence-corrected chi connectivity index (χ1v) is 8.46. The maximum atomic E-state index is 10.7. The lowest BCUT2D eigenvalue weighted by atomic mass is 10.1. The van der Waals surface area contributed by atoms with Crippen molar-refractivity contribution in [2.75, 3.05) is 33.0 Å². The third-order valence-corrected chi connectivity index (χ3v) is 4.81. The second-order valence-corrected chi connectivity index (χ2v) is 6.54. The Morgan fingerprint density at radius 1 is 0.960 bits per heavy atom. The standard InChI is InChI=1S/C17H19N3O5/c21-20(22)17-4-2-14(25-17)11-19-7-5-18(6-8-19)10-13-1-3-15-16(9-13)24-12-23-15/h1-4,9H,5-8,10-12H2/p+2. The zero-order valence-electron chi connectivity index (χ0n) is 13.8. The minimum absolute atomic E-state index is 0.179. The van der Waals surface area contributed by atoms with Gasteiger partial charge >= 0.3 is 5.88 Å². The average Bonchev–Trinajstić information content (AvgIpc) is 3.25. The number of nitro groups is 1. The van der Waals surface area contributed by atoms with E-state index < -0.39 is 4.92 Å². The number of ether oxygens (including phenoxy) is 2. The van der Waals surface area contributed by atoms with Gasteiger partial charge in [-0.2, -0.15) is 0 Å². The fraction of sp³-hybridized carbons (Fsp3) is 0.412. The normalized spacial score (nSPS) is 22.1. The molecule has 3 heterocycles. The van der Waals surface area contributed by atoms with E-state index in [1.807, 2.05) is 6.07 Å². The highest BCUT2D eigenvalue weighted by Gasteiger charge is 2.25. The largest absolute Gasteiger partial charge is 0.454 e. The summed E-state index contributed by atoms with van der Waals surface area (Å²) in [6.07, 6.45) is 0. The molecular weight excluding hydrogens is 326 g/mol. The zero-order valence-corrected chi connectivity index (χ0v) is 13.8. The van der Waals surface area contributed by atoms with Gasteiger partial charge in [0.1, 0.15) is 44.2 Å². The number of hydrogen-bond donors (Lipinski definition) is 2. The molecule has 0 atom stereocenters. The van der Waals surface area contributed by atoms with E-state index in [4.69, 9.17) is 13.9 Å². The molecule has 2 aliphatic rings. The molecule has 1 saturated heterocycles. The van der Waals surface area contributed by atoms with Crippen molar-refractivity contribution in [1.82, 2.24) is 0 Å². The van der Waals surface area contributed by atoms with Crippen molar-refractivity contribution < 1.29 is 28.6 Å². The molecule has 1 aromatic carbocycles. The molecule has 0 amide bonds. The summed E-state index contributed by atoms with van der Waals surface area (Å²) < 4.78 is 16.0. The summed E-state index contributed by atoms with van der Waals surface area (Å²) in [5.41, 5.74) is 1.25. The molecule has 0 saturated carbocycles. The van der Waals surface area contributed by atoms with E-state index in [-0.39, 0.29) is 5.88 Å². The molecular formula is C17H21N3O5+2. The smallest absolute Gasteiger partial charge is 0.433 e. The van der Waals surface area contributed by atoms with Crippen molar-refractivity contribution >= 4 is 5.88 Å². The van der Waals surface area contributed by atoms with Crippen molar-refractivity contribution in [3.05, 3.63) is 51.8 Å². The second-order valence-electron chi connectivity index (χ2n) is 6.54. The van der Waals surface area contributed by atoms with Crippen LogP contribution in [-0.4, -0.2) is 37.9 Å². The molecule has 132 valence electrons. The molecule has 0 unspecified atom stereocenters. The Morgan fingerprint density at radius 3 is 2.40 bits per heavy atom. The van der Waals surface area contributed by atoms with Crippen LogP contribution >= 0.6 is 0 Å². The van der Waals surface area contributed by atoms with Gasteiger partial charge in [0.15, 0.2) is 17.3 Å². The molecule has 0 radical (unpaired) electrons. The van der Waals surface area contributed by atoms with Crippen molar-refractivity contribution in [2.24, 2.45) is 0 Å². The van der Waals surface area contributed by atoms with Crippen LogP contribution < -0.4 is 19.3 Å². The first-order valence-electron chi connectivity index (χ1n) is 8.46. The number of piperazine rings is 1. The molecule has 0 aliphatic carbocycles. The van der Waals surface area contributed by atoms with Crippen LogP contribution in [0.25, 0.3) is 0 Å². The molecule has 2 N–H and O–H groups in total. The van der Waals surface area contributed by atoms with Crippen LogP contribution in [0, 0.1) is 10.1 Å². The van der Waals surface area contributed by atoms with Gasteiger partial charge in [0.2, 0.25) is 6.79 Å². The number of nitrogens with one attached hydrogen (secondary N) is 2. The summed E-state index contributed by atoms with van der Waals surface area (Å²) in [7, 11) is 0. The van der Waals surface area contributed by atoms with Crippen molar-refractivity contribution in [3.8, 4) is 11.5 Å². The van der Waals surface area contributed by atoms with E-state index in [1.54, 1.807) is 6.07 Å². The predicted molar refractivity (Wildman–Crippen MR) is 86.7 cm³/mol. The summed E-state index contributed by atoms with van der Waals surface area (Å²) in [4.78, 5) is 13.1. The SMILES string of the molecule is O=[N+]([O-])c1ccc(C[NH+]2CC[NH+](Cc3ccc4c(c3)OCO4)CC2)o1. The van der Waals surface area contributed by atoms with Gasteiger partial charge in [-0.3, -0.25) is 10.1 Å². The fourth-order valence-electron chi connectivity index (χ4n) is 3.46. The van der Waals surface area contributed by atoms with Gasteiger partial charge in [-0.15, -0.1) is 0 Å². The molecule has 2 aliphatic heterocycles. The van der Waals surface area contributed by atoms with Gasteiger partial charge in [-0.25, -0.2) is 0 Å². The maximum Gasteiger partial charge on any atom is 0.433 e. The number of benzene rings is 1. The molecule has 25 heavy (non-hydrogen) atoms. The van der Waals surface area contributed by atoms with Gasteiger partial charge < -0.3 is 23.7 Å². The van der Waals surface area contributed by atoms with E-state index in [2.05, 4.69) is 12.1 Å². The van der Waals surface area contributed by atoms with Crippen LogP contribution in [0.5, 0.6) is 11.5 Å². The molecule has 8 nitrogen and oxygen atoms in total. The number of hydrogen-bond acceptors (Lipinski definition) is 5. The van der Waals surface area contributed by atoms with Gasteiger partial charge in [0, 0.05) is 5.56 Å². The van der Waals surface area contributed by atoms with Gasteiger partial charge in [-0.05, 0) is 24.3 Å². The topological polar surface area (TPSA) is 83.6 Å². The summed E-state index contributed by atoms with van der Waals surface area (Å²) in [5, 5.41) is 10.7. The molecule has 0 spiro atoms. The lowest BCUT2D eigenvalue weighted by Gasteiger charge is -2.29. The lowest BCUT2D eigenvalue weighted by Crippen LogP contribution is -3.27. The molecule has 1 fully saturated rings. The Bertz CT molecular complexity index is 767. The number of furan rings is 1. The number of nitrogens with zero attached hydrogens (tertiary/aromatic N) is 1. The predicted octanol–water partition coefficient (Wildman–Crippen LogP) is -0.600. The molecule has 8 heteroatoms. The lowest BCUT2D eigenvalue weighted by molar-refractivity contribution is -1.02. The summed E-state index contributed by atoms with van der Waals surface area (Å²) in [6, 6.07) is 9.27. The Labute approximate surface area is 144 Å². The minimum Gasteiger partial charge on any atom is -0.454 e. The average molecular weight is 347 g/mol. The van der Waals surface area contributed by atoms with Crippen LogP contribution in [0.4, 0.5) is 5.88 Å². The highest BCUT2D eigenvalue weighted by molar-refractivity contribution is 5.44. The molecule has 0 bridgehead atoms. The maximum absolute atomic E-state index is 10.7. The highest BCUT2D eigenvalue weighted by atomic mass is 16.7. The van der Waals surface area contributed by atoms with Crippen molar-refractivity contribution in [1.29, 1.82) is 0 Å². The summed E-state index contributed by atoms with van der Waals surface area (Å²) in [6.45, 7) is 6.14. The Kier molecular flexibility index (Phi) is 4.29. The van der Waals surface area contributed by atoms with Crippen LogP contribution in [0.2, 0.25) is 0 Å². The zero-order chi connectivity index (χ0) is 17.2. The Hall–Kier alpha value is -2.58. The first-order chi connectivity index (χ1) is 12.2. The van der Waals surface area contributed by atoms with Crippen LogP contribution in [-0.2, 0) is 13.1 Å². The van der Waals surface area contributed by atoms with E-state index in [9.17, 15) is 10.1 Å². The fourth-order valence-corrected chi connectivity index (χ4v) is 3.46. The third kappa shape index (κ3) is 3.59. The van der Waals surface area contributed by atoms with Crippen LogP contribution in [0.15, 0.2) is 34.7 Å². The second kappa shape index (κ2) is 6.73. The highest BCUT2D eigenvalue weighted by Crippen LogP contribution is 2.32. The van der Waals surface area contributed by atoms with E-state index in [1.165, 1.54) is 21.4 Å². The van der Waals surface area contributed by atoms with Gasteiger partial charge in [-0.1, -0.05) is 0 Å². The third-order valence-electron chi connectivity index (χ3n) is 4.81. The summed E-state index contributed by atoms with van der Waals surface area (Å²) in [5.74, 6) is 2.16. The first kappa shape index (κ1) is 15.9. The van der Waals surface area contributed by atoms with E-state index >= 15 is 0 Å². The van der Waals surface area contributed by atoms with E-state index in [0.717, 1.165) is 44.2 Å². The van der Waals surface area contributed by atoms with Crippen LogP contribution in [0.1, 0.15) is 11.3 Å². The van der Waals surface area contributed by atoms with Gasteiger partial charge in [0.05, 0.1) is 6.07 Å². The molecule has 2 aromatic rings. The van der Waals surface area contributed by atoms with Crippen LogP contribution in [0.3, 0.4) is 0 Å². The Balaban J connectivity index is 1.28. The van der Waals surface area contributed by atoms with Gasteiger partial charge in [0.25, 0.3) is 0 Å². The number of fused-ring (bicyclic) bond motifs is 1. The number of quaternary nitrogens is 2. The summed E-state index contributed by atoms with van der Waals surface area (Å²) >= 11 is 0. The quantitative estimate of drug-likeness (QED) is 0.557. The van der Waals surface area contributed by atoms with E-state index in [0.29, 0.717) is 19.1 Å². The monoisotopic (exact) mass is 347 g/mol. The molecule has 1 aromatic heterocycles. The Morgan fingerprint density at radius 2 is 1.68 bits per heavy atom. The molecule has 4 rings (SSSR count). The minimum atomic E-state index is -0.494. The van der Waals surface area contributed by atoms with Crippen molar-refractivity contribution in [3.63, 3.8) is 0 Å². The van der Waals surface area contributed by atoms with Crippen molar-refractivity contribution in [2.45, 2.75) is 13.1 Å².